The summed E-state index contributed by atoms with van der Waals surface area (Å²) in [5.41, 5.74) is 13.2. The van der Waals surface area contributed by atoms with Gasteiger partial charge < -0.3 is 21.1 Å². The SMILES string of the molecule is CC(=O)N1CC[C@@H](NC(=O)[C@@H](N)Cc2c(C)cc(O)cc2C)c2cccc(Cc3ccccc3)c21. The van der Waals surface area contributed by atoms with Crippen LogP contribution < -0.4 is 16.0 Å². The van der Waals surface area contributed by atoms with Crippen molar-refractivity contribution in [3.63, 3.8) is 0 Å². The predicted molar refractivity (Wildman–Crippen MR) is 138 cm³/mol. The minimum Gasteiger partial charge on any atom is -0.508 e. The molecule has 3 aromatic carbocycles. The van der Waals surface area contributed by atoms with Crippen LogP contribution in [0.25, 0.3) is 0 Å². The van der Waals surface area contributed by atoms with Gasteiger partial charge in [0, 0.05) is 13.5 Å². The number of phenols is 1. The van der Waals surface area contributed by atoms with Crippen LogP contribution in [0.3, 0.4) is 0 Å². The zero-order valence-corrected chi connectivity index (χ0v) is 20.5. The summed E-state index contributed by atoms with van der Waals surface area (Å²) in [6, 6.07) is 18.6. The number of carbonyl (C=O) groups is 2. The molecule has 2 amide bonds. The third kappa shape index (κ3) is 5.38. The van der Waals surface area contributed by atoms with E-state index in [2.05, 4.69) is 17.4 Å². The van der Waals surface area contributed by atoms with Crippen LogP contribution in [0, 0.1) is 13.8 Å². The normalized spacial score (nSPS) is 15.9. The smallest absolute Gasteiger partial charge is 0.237 e. The molecule has 6 heteroatoms. The number of fused-ring (bicyclic) bond motifs is 1. The highest BCUT2D eigenvalue weighted by atomic mass is 16.3. The second kappa shape index (κ2) is 10.3. The Hall–Kier alpha value is -3.64. The van der Waals surface area contributed by atoms with Crippen molar-refractivity contribution in [2.45, 2.75) is 52.1 Å². The van der Waals surface area contributed by atoms with Crippen molar-refractivity contribution >= 4 is 17.5 Å². The number of amides is 2. The number of hydrogen-bond donors (Lipinski definition) is 3. The average Bonchev–Trinajstić information content (AvgIpc) is 2.82. The molecule has 1 aliphatic rings. The van der Waals surface area contributed by atoms with Crippen LogP contribution in [0.15, 0.2) is 60.7 Å². The number of aryl methyl sites for hydroxylation is 2. The van der Waals surface area contributed by atoms with Gasteiger partial charge in [0.25, 0.3) is 0 Å². The quantitative estimate of drug-likeness (QED) is 0.505. The number of phenolic OH excluding ortho intramolecular Hbond substituents is 1. The number of aromatic hydroxyl groups is 1. The molecule has 0 radical (unpaired) electrons. The maximum atomic E-state index is 13.1. The molecule has 3 aromatic rings. The third-order valence-corrected chi connectivity index (χ3v) is 6.81. The van der Waals surface area contributed by atoms with Gasteiger partial charge in [-0.2, -0.15) is 0 Å². The minimum absolute atomic E-state index is 0.00785. The van der Waals surface area contributed by atoms with E-state index < -0.39 is 6.04 Å². The molecule has 1 heterocycles. The molecule has 6 nitrogen and oxygen atoms in total. The first kappa shape index (κ1) is 24.5. The Bertz CT molecular complexity index is 1220. The largest absolute Gasteiger partial charge is 0.508 e. The summed E-state index contributed by atoms with van der Waals surface area (Å²) in [6.07, 6.45) is 1.71. The van der Waals surface area contributed by atoms with Gasteiger partial charge in [-0.1, -0.05) is 48.5 Å². The van der Waals surface area contributed by atoms with E-state index in [9.17, 15) is 14.7 Å². The van der Waals surface area contributed by atoms with Crippen molar-refractivity contribution in [1.82, 2.24) is 5.32 Å². The van der Waals surface area contributed by atoms with E-state index in [1.165, 1.54) is 0 Å². The zero-order valence-electron chi connectivity index (χ0n) is 20.5. The standard InChI is InChI=1S/C29H33N3O3/c1-18-14-23(34)15-19(2)25(18)17-26(30)29(35)31-27-12-13-32(20(3)33)28-22(10-7-11-24(27)28)16-21-8-5-4-6-9-21/h4-11,14-15,26-27,34H,12-13,16-17,30H2,1-3H3,(H,31,35)/t26-,27+/m0/s1. The maximum Gasteiger partial charge on any atom is 0.237 e. The number of anilines is 1. The molecule has 1 aliphatic heterocycles. The second-order valence-electron chi connectivity index (χ2n) is 9.41. The molecule has 4 N–H and O–H groups in total. The van der Waals surface area contributed by atoms with Gasteiger partial charge >= 0.3 is 0 Å². The second-order valence-corrected chi connectivity index (χ2v) is 9.41. The Morgan fingerprint density at radius 1 is 1.09 bits per heavy atom. The van der Waals surface area contributed by atoms with Gasteiger partial charge in [-0.3, -0.25) is 9.59 Å². The zero-order chi connectivity index (χ0) is 25.1. The number of benzene rings is 3. The molecule has 0 aromatic heterocycles. The van der Waals surface area contributed by atoms with Gasteiger partial charge in [-0.05, 0) is 78.6 Å². The van der Waals surface area contributed by atoms with Crippen LogP contribution in [-0.4, -0.2) is 29.5 Å². The fraction of sp³-hybridized carbons (Fsp3) is 0.310. The minimum atomic E-state index is -0.723. The third-order valence-electron chi connectivity index (χ3n) is 6.81. The Morgan fingerprint density at radius 3 is 2.43 bits per heavy atom. The lowest BCUT2D eigenvalue weighted by Crippen LogP contribution is -2.46. The topological polar surface area (TPSA) is 95.7 Å². The molecule has 35 heavy (non-hydrogen) atoms. The van der Waals surface area contributed by atoms with Gasteiger partial charge in [-0.15, -0.1) is 0 Å². The van der Waals surface area contributed by atoms with Gasteiger partial charge in [0.1, 0.15) is 5.75 Å². The van der Waals surface area contributed by atoms with Gasteiger partial charge in [0.05, 0.1) is 17.8 Å². The molecule has 0 bridgehead atoms. The molecule has 0 fully saturated rings. The Kier molecular flexibility index (Phi) is 7.22. The van der Waals surface area contributed by atoms with E-state index in [-0.39, 0.29) is 23.6 Å². The van der Waals surface area contributed by atoms with Gasteiger partial charge in [0.15, 0.2) is 0 Å². The van der Waals surface area contributed by atoms with E-state index in [0.717, 1.165) is 39.1 Å². The van der Waals surface area contributed by atoms with Crippen LogP contribution in [-0.2, 0) is 22.4 Å². The van der Waals surface area contributed by atoms with Crippen LogP contribution >= 0.6 is 0 Å². The van der Waals surface area contributed by atoms with Crippen molar-refractivity contribution in [3.8, 4) is 5.75 Å². The van der Waals surface area contributed by atoms with Crippen LogP contribution in [0.4, 0.5) is 5.69 Å². The van der Waals surface area contributed by atoms with Crippen molar-refractivity contribution in [3.05, 3.63) is 94.0 Å². The van der Waals surface area contributed by atoms with E-state index >= 15 is 0 Å². The lowest BCUT2D eigenvalue weighted by atomic mass is 9.90. The van der Waals surface area contributed by atoms with Crippen LogP contribution in [0.1, 0.15) is 52.8 Å². The summed E-state index contributed by atoms with van der Waals surface area (Å²) >= 11 is 0. The Labute approximate surface area is 206 Å². The molecule has 2 atom stereocenters. The van der Waals surface area contributed by atoms with Crippen LogP contribution in [0.5, 0.6) is 5.75 Å². The molecule has 0 unspecified atom stereocenters. The van der Waals surface area contributed by atoms with Gasteiger partial charge in [-0.25, -0.2) is 0 Å². The first-order valence-electron chi connectivity index (χ1n) is 12.0. The Balaban J connectivity index is 1.58. The van der Waals surface area contributed by atoms with E-state index in [1.807, 2.05) is 55.1 Å². The van der Waals surface area contributed by atoms with Crippen LogP contribution in [0.2, 0.25) is 0 Å². The average molecular weight is 472 g/mol. The molecule has 0 spiro atoms. The van der Waals surface area contributed by atoms with Crippen molar-refractivity contribution in [2.24, 2.45) is 5.73 Å². The Morgan fingerprint density at radius 2 is 1.77 bits per heavy atom. The summed E-state index contributed by atoms with van der Waals surface area (Å²) in [5, 5.41) is 13.0. The molecule has 0 aliphatic carbocycles. The van der Waals surface area contributed by atoms with Crippen molar-refractivity contribution < 1.29 is 14.7 Å². The van der Waals surface area contributed by atoms with Gasteiger partial charge in [0.2, 0.25) is 11.8 Å². The summed E-state index contributed by atoms with van der Waals surface area (Å²) < 4.78 is 0. The molecule has 0 saturated heterocycles. The maximum absolute atomic E-state index is 13.1. The molecule has 182 valence electrons. The highest BCUT2D eigenvalue weighted by molar-refractivity contribution is 5.94. The van der Waals surface area contributed by atoms with Crippen molar-refractivity contribution in [2.75, 3.05) is 11.4 Å². The monoisotopic (exact) mass is 471 g/mol. The van der Waals surface area contributed by atoms with E-state index in [0.29, 0.717) is 25.8 Å². The summed E-state index contributed by atoms with van der Waals surface area (Å²) in [6.45, 7) is 5.94. The number of carbonyl (C=O) groups excluding carboxylic acids is 2. The van der Waals surface area contributed by atoms with E-state index in [1.54, 1.807) is 19.1 Å². The summed E-state index contributed by atoms with van der Waals surface area (Å²) in [7, 11) is 0. The number of nitrogens with one attached hydrogen (secondary N) is 1. The molecular formula is C29H33N3O3. The fourth-order valence-corrected chi connectivity index (χ4v) is 5.05. The fourth-order valence-electron chi connectivity index (χ4n) is 5.05. The summed E-state index contributed by atoms with van der Waals surface area (Å²) in [4.78, 5) is 27.5. The predicted octanol–water partition coefficient (Wildman–Crippen LogP) is 4.08. The number of hydrogen-bond acceptors (Lipinski definition) is 4. The molecule has 0 saturated carbocycles. The number of para-hydroxylation sites is 1. The lowest BCUT2D eigenvalue weighted by molar-refractivity contribution is -0.123. The highest BCUT2D eigenvalue weighted by Gasteiger charge is 2.31. The number of rotatable bonds is 6. The number of nitrogens with zero attached hydrogens (tertiary/aromatic N) is 1. The lowest BCUT2D eigenvalue weighted by Gasteiger charge is -2.36. The first-order chi connectivity index (χ1) is 16.7. The molecular weight excluding hydrogens is 438 g/mol. The number of nitrogens with two attached hydrogens (primary N) is 1. The summed E-state index contributed by atoms with van der Waals surface area (Å²) in [5.74, 6) is -0.0222. The first-order valence-corrected chi connectivity index (χ1v) is 12.0. The van der Waals surface area contributed by atoms with E-state index in [4.69, 9.17) is 5.73 Å². The highest BCUT2D eigenvalue weighted by Crippen LogP contribution is 2.38. The van der Waals surface area contributed by atoms with Crippen molar-refractivity contribution in [1.29, 1.82) is 0 Å². The molecule has 4 rings (SSSR count).